The van der Waals surface area contributed by atoms with Crippen molar-refractivity contribution in [3.63, 3.8) is 0 Å². The summed E-state index contributed by atoms with van der Waals surface area (Å²) in [5.74, 6) is 2.66. The van der Waals surface area contributed by atoms with E-state index in [-0.39, 0.29) is 0 Å². The van der Waals surface area contributed by atoms with Crippen LogP contribution in [0.1, 0.15) is 11.6 Å². The summed E-state index contributed by atoms with van der Waals surface area (Å²) in [5, 5.41) is 17.0. The third-order valence-electron chi connectivity index (χ3n) is 4.46. The highest BCUT2D eigenvalue weighted by Gasteiger charge is 2.24. The molecule has 124 valence electrons. The normalized spacial score (nSPS) is 14.0. The molecule has 0 bridgehead atoms. The van der Waals surface area contributed by atoms with Crippen LogP contribution in [0.2, 0.25) is 0 Å². The van der Waals surface area contributed by atoms with Crippen LogP contribution in [0, 0.1) is 6.92 Å². The molecule has 0 atom stereocenters. The van der Waals surface area contributed by atoms with Crippen LogP contribution in [0.15, 0.2) is 36.7 Å². The summed E-state index contributed by atoms with van der Waals surface area (Å²) in [4.78, 5) is 11.0. The second-order valence-corrected chi connectivity index (χ2v) is 5.94. The van der Waals surface area contributed by atoms with Crippen molar-refractivity contribution in [2.45, 2.75) is 20.0 Å². The molecule has 0 N–H and O–H groups in total. The maximum atomic E-state index is 4.46. The van der Waals surface area contributed by atoms with Crippen LogP contribution < -0.4 is 4.90 Å². The van der Waals surface area contributed by atoms with Crippen LogP contribution in [0.5, 0.6) is 0 Å². The maximum Gasteiger partial charge on any atom is 0.189 e. The Bertz CT molecular complexity index is 1050. The first-order valence-corrected chi connectivity index (χ1v) is 8.07. The van der Waals surface area contributed by atoms with Gasteiger partial charge in [-0.3, -0.25) is 0 Å². The molecule has 0 fully saturated rings. The second-order valence-electron chi connectivity index (χ2n) is 5.94. The number of nitrogens with zero attached hydrogens (tertiary/aromatic N) is 9. The van der Waals surface area contributed by atoms with Gasteiger partial charge in [0.25, 0.3) is 0 Å². The van der Waals surface area contributed by atoms with Gasteiger partial charge in [0.2, 0.25) is 0 Å². The fraction of sp³-hybridized carbons (Fsp3) is 0.250. The smallest absolute Gasteiger partial charge is 0.189 e. The highest BCUT2D eigenvalue weighted by Crippen LogP contribution is 2.25. The molecule has 1 aliphatic rings. The Morgan fingerprint density at radius 3 is 2.72 bits per heavy atom. The van der Waals surface area contributed by atoms with E-state index in [0.29, 0.717) is 17.7 Å². The van der Waals surface area contributed by atoms with Crippen molar-refractivity contribution in [3.8, 4) is 5.69 Å². The van der Waals surface area contributed by atoms with Gasteiger partial charge in [-0.15, -0.1) is 15.3 Å². The highest BCUT2D eigenvalue weighted by atomic mass is 15.5. The monoisotopic (exact) mass is 333 g/mol. The van der Waals surface area contributed by atoms with Crippen LogP contribution >= 0.6 is 0 Å². The van der Waals surface area contributed by atoms with E-state index in [4.69, 9.17) is 0 Å². The third-order valence-corrected chi connectivity index (χ3v) is 4.46. The van der Waals surface area contributed by atoms with Gasteiger partial charge in [-0.1, -0.05) is 23.4 Å². The Kier molecular flexibility index (Phi) is 2.99. The summed E-state index contributed by atoms with van der Waals surface area (Å²) in [7, 11) is 0. The largest absolute Gasteiger partial charge is 0.345 e. The van der Waals surface area contributed by atoms with Crippen LogP contribution in [0.4, 0.5) is 5.82 Å². The van der Waals surface area contributed by atoms with E-state index < -0.39 is 0 Å². The lowest BCUT2D eigenvalue weighted by atomic mass is 10.3. The van der Waals surface area contributed by atoms with E-state index in [1.807, 2.05) is 37.3 Å². The van der Waals surface area contributed by atoms with Crippen molar-refractivity contribution in [1.82, 2.24) is 39.7 Å². The molecule has 1 aromatic carbocycles. The molecule has 4 aromatic rings. The fourth-order valence-electron chi connectivity index (χ4n) is 3.20. The van der Waals surface area contributed by atoms with Crippen molar-refractivity contribution in [3.05, 3.63) is 48.3 Å². The summed E-state index contributed by atoms with van der Waals surface area (Å²) in [6.45, 7) is 4.26. The minimum Gasteiger partial charge on any atom is -0.345 e. The van der Waals surface area contributed by atoms with Crippen LogP contribution in [-0.2, 0) is 13.1 Å². The topological polar surface area (TPSA) is 90.4 Å². The molecule has 0 saturated carbocycles. The van der Waals surface area contributed by atoms with Crippen molar-refractivity contribution in [2.75, 3.05) is 11.4 Å². The minimum atomic E-state index is 0.644. The molecular weight excluding hydrogens is 318 g/mol. The summed E-state index contributed by atoms with van der Waals surface area (Å²) < 4.78 is 3.87. The molecule has 0 spiro atoms. The first-order valence-electron chi connectivity index (χ1n) is 8.07. The van der Waals surface area contributed by atoms with Crippen LogP contribution in [0.25, 0.3) is 16.9 Å². The number of hydrogen-bond donors (Lipinski definition) is 0. The van der Waals surface area contributed by atoms with Gasteiger partial charge >= 0.3 is 0 Å². The quantitative estimate of drug-likeness (QED) is 0.543. The van der Waals surface area contributed by atoms with Crippen LogP contribution in [-0.4, -0.2) is 46.3 Å². The van der Waals surface area contributed by atoms with E-state index in [2.05, 4.69) is 39.9 Å². The fourth-order valence-corrected chi connectivity index (χ4v) is 3.20. The molecule has 3 aromatic heterocycles. The van der Waals surface area contributed by atoms with Gasteiger partial charge in [0.15, 0.2) is 22.8 Å². The summed E-state index contributed by atoms with van der Waals surface area (Å²) in [6.07, 6.45) is 1.56. The second kappa shape index (κ2) is 5.33. The van der Waals surface area contributed by atoms with Gasteiger partial charge < -0.3 is 9.47 Å². The van der Waals surface area contributed by atoms with Gasteiger partial charge in [-0.05, 0) is 19.1 Å². The summed E-state index contributed by atoms with van der Waals surface area (Å²) in [6, 6.07) is 9.84. The van der Waals surface area contributed by atoms with Gasteiger partial charge in [-0.25, -0.2) is 9.97 Å². The van der Waals surface area contributed by atoms with Gasteiger partial charge in [-0.2, -0.15) is 4.68 Å². The third kappa shape index (κ3) is 2.16. The Hall–Kier alpha value is -3.36. The Labute approximate surface area is 143 Å². The highest BCUT2D eigenvalue weighted by molar-refractivity contribution is 5.83. The first-order chi connectivity index (χ1) is 12.3. The zero-order chi connectivity index (χ0) is 16.8. The Morgan fingerprint density at radius 2 is 1.84 bits per heavy atom. The van der Waals surface area contributed by atoms with Gasteiger partial charge in [0.05, 0.1) is 12.2 Å². The molecule has 0 unspecified atom stereocenters. The van der Waals surface area contributed by atoms with Crippen molar-refractivity contribution < 1.29 is 0 Å². The molecule has 5 rings (SSSR count). The molecule has 0 saturated heterocycles. The maximum absolute atomic E-state index is 4.46. The van der Waals surface area contributed by atoms with Crippen LogP contribution in [0.3, 0.4) is 0 Å². The van der Waals surface area contributed by atoms with Crippen molar-refractivity contribution in [2.24, 2.45) is 0 Å². The number of anilines is 1. The molecule has 9 heteroatoms. The zero-order valence-electron chi connectivity index (χ0n) is 13.6. The number of para-hydroxylation sites is 1. The number of fused-ring (bicyclic) bond motifs is 2. The molecule has 9 nitrogen and oxygen atoms in total. The van der Waals surface area contributed by atoms with Gasteiger partial charge in [0, 0.05) is 13.1 Å². The molecule has 4 heterocycles. The predicted octanol–water partition coefficient (Wildman–Crippen LogP) is 1.13. The number of benzene rings is 1. The summed E-state index contributed by atoms with van der Waals surface area (Å²) in [5.41, 5.74) is 2.30. The van der Waals surface area contributed by atoms with Gasteiger partial charge in [0.1, 0.15) is 12.2 Å². The van der Waals surface area contributed by atoms with Crippen molar-refractivity contribution >= 4 is 17.0 Å². The zero-order valence-corrected chi connectivity index (χ0v) is 13.6. The van der Waals surface area contributed by atoms with E-state index >= 15 is 0 Å². The predicted molar refractivity (Wildman–Crippen MR) is 90.3 cm³/mol. The van der Waals surface area contributed by atoms with Crippen molar-refractivity contribution in [1.29, 1.82) is 0 Å². The summed E-state index contributed by atoms with van der Waals surface area (Å²) >= 11 is 0. The molecule has 0 amide bonds. The van der Waals surface area contributed by atoms with E-state index in [0.717, 1.165) is 36.2 Å². The molecule has 0 radical (unpaired) electrons. The SMILES string of the molecule is Cc1nnc2n1CCN(c1ncnc3c1nnn3-c1ccccc1)C2. The van der Waals surface area contributed by atoms with E-state index in [9.17, 15) is 0 Å². The Balaban J connectivity index is 1.58. The number of hydrogen-bond acceptors (Lipinski definition) is 7. The lowest BCUT2D eigenvalue weighted by Crippen LogP contribution is -2.34. The lowest BCUT2D eigenvalue weighted by molar-refractivity contribution is 0.548. The molecule has 0 aliphatic carbocycles. The molecular formula is C16H15N9. The standard InChI is InChI=1S/C16H15N9/c1-11-19-20-13-9-23(7-8-24(11)13)15-14-16(18-10-17-15)25(22-21-14)12-5-3-2-4-6-12/h2-6,10H,7-9H2,1H3. The number of aryl methyl sites for hydroxylation is 1. The Morgan fingerprint density at radius 1 is 0.960 bits per heavy atom. The lowest BCUT2D eigenvalue weighted by Gasteiger charge is -2.28. The number of aromatic nitrogens is 8. The first kappa shape index (κ1) is 14.0. The molecule has 25 heavy (non-hydrogen) atoms. The van der Waals surface area contributed by atoms with E-state index in [1.54, 1.807) is 11.0 Å². The average molecular weight is 333 g/mol. The van der Waals surface area contributed by atoms with E-state index in [1.165, 1.54) is 0 Å². The molecule has 1 aliphatic heterocycles. The number of rotatable bonds is 2. The minimum absolute atomic E-state index is 0.644. The average Bonchev–Trinajstić information content (AvgIpc) is 3.26.